The minimum Gasteiger partial charge on any atom is -0.367 e. The Balaban J connectivity index is 1.86. The van der Waals surface area contributed by atoms with Crippen molar-refractivity contribution in [3.8, 4) is 0 Å². The summed E-state index contributed by atoms with van der Waals surface area (Å²) in [6.07, 6.45) is 4.88. The average molecular weight is 275 g/mol. The molecule has 110 valence electrons. The van der Waals surface area contributed by atoms with Gasteiger partial charge in [0.1, 0.15) is 5.82 Å². The van der Waals surface area contributed by atoms with Crippen LogP contribution in [0, 0.1) is 5.92 Å². The quantitative estimate of drug-likeness (QED) is 0.919. The first kappa shape index (κ1) is 14.8. The fourth-order valence-electron chi connectivity index (χ4n) is 2.59. The van der Waals surface area contributed by atoms with E-state index in [0.29, 0.717) is 6.04 Å². The zero-order valence-electron chi connectivity index (χ0n) is 12.7. The molecule has 20 heavy (non-hydrogen) atoms. The maximum Gasteiger partial charge on any atom is 0.225 e. The van der Waals surface area contributed by atoms with Gasteiger partial charge in [0.25, 0.3) is 0 Å². The molecule has 1 aliphatic rings. The Kier molecular flexibility index (Phi) is 4.99. The van der Waals surface area contributed by atoms with Crippen molar-refractivity contribution in [3.05, 3.63) is 23.9 Å². The highest BCUT2D eigenvalue weighted by molar-refractivity contribution is 5.78. The van der Waals surface area contributed by atoms with Gasteiger partial charge in [-0.15, -0.1) is 0 Å². The van der Waals surface area contributed by atoms with E-state index in [9.17, 15) is 4.79 Å². The van der Waals surface area contributed by atoms with E-state index < -0.39 is 0 Å². The molecule has 1 N–H and O–H groups in total. The van der Waals surface area contributed by atoms with Crippen LogP contribution in [0.3, 0.4) is 0 Å². The van der Waals surface area contributed by atoms with E-state index in [0.717, 1.165) is 38.2 Å². The predicted molar refractivity (Wildman–Crippen MR) is 81.7 cm³/mol. The third-order valence-electron chi connectivity index (χ3n) is 3.89. The number of carbonyl (C=O) groups is 1. The van der Waals surface area contributed by atoms with E-state index in [1.165, 1.54) is 5.56 Å². The summed E-state index contributed by atoms with van der Waals surface area (Å²) in [7, 11) is 0. The van der Waals surface area contributed by atoms with Gasteiger partial charge in [-0.25, -0.2) is 4.98 Å². The molecular formula is C16H25N3O. The molecule has 1 amide bonds. The number of aromatic nitrogens is 1. The summed E-state index contributed by atoms with van der Waals surface area (Å²) in [5, 5.41) is 3.50. The van der Waals surface area contributed by atoms with Crippen molar-refractivity contribution >= 4 is 11.7 Å². The molecule has 1 aliphatic heterocycles. The molecule has 4 nitrogen and oxygen atoms in total. The minimum atomic E-state index is 0.0995. The van der Waals surface area contributed by atoms with Crippen LogP contribution in [0.4, 0.5) is 5.82 Å². The number of hydrogen-bond acceptors (Lipinski definition) is 3. The molecule has 0 unspecified atom stereocenters. The summed E-state index contributed by atoms with van der Waals surface area (Å²) in [6.45, 7) is 7.78. The topological polar surface area (TPSA) is 45.2 Å². The van der Waals surface area contributed by atoms with Gasteiger partial charge in [-0.3, -0.25) is 4.79 Å². The lowest BCUT2D eigenvalue weighted by atomic mass is 10.0. The first-order valence-electron chi connectivity index (χ1n) is 7.60. The summed E-state index contributed by atoms with van der Waals surface area (Å²) in [5.74, 6) is 1.33. The molecule has 2 rings (SSSR count). The normalized spacial score (nSPS) is 16.5. The predicted octanol–water partition coefficient (Wildman–Crippen LogP) is 2.70. The molecule has 1 saturated heterocycles. The number of aryl methyl sites for hydroxylation is 1. The van der Waals surface area contributed by atoms with Crippen molar-refractivity contribution < 1.29 is 4.79 Å². The van der Waals surface area contributed by atoms with Gasteiger partial charge in [-0.2, -0.15) is 0 Å². The van der Waals surface area contributed by atoms with Crippen LogP contribution in [-0.4, -0.2) is 34.9 Å². The summed E-state index contributed by atoms with van der Waals surface area (Å²) in [6, 6.07) is 4.59. The van der Waals surface area contributed by atoms with Gasteiger partial charge < -0.3 is 10.2 Å². The highest BCUT2D eigenvalue weighted by Gasteiger charge is 2.24. The summed E-state index contributed by atoms with van der Waals surface area (Å²) < 4.78 is 0. The van der Waals surface area contributed by atoms with E-state index >= 15 is 0 Å². The number of nitrogens with zero attached hydrogens (tertiary/aromatic N) is 2. The standard InChI is InChI=1S/C16H25N3O/c1-4-13-5-8-17-15(11-13)18-14-6-9-19(10-7-14)16(20)12(2)3/h5,8,11-12,14H,4,6-7,9-10H2,1-3H3,(H,17,18). The van der Waals surface area contributed by atoms with Crippen molar-refractivity contribution in [2.45, 2.75) is 46.1 Å². The molecule has 0 spiro atoms. The zero-order valence-corrected chi connectivity index (χ0v) is 12.7. The number of hydrogen-bond donors (Lipinski definition) is 1. The molecule has 0 radical (unpaired) electrons. The second-order valence-corrected chi connectivity index (χ2v) is 5.80. The lowest BCUT2D eigenvalue weighted by molar-refractivity contribution is -0.135. The van der Waals surface area contributed by atoms with Crippen LogP contribution in [0.1, 0.15) is 39.2 Å². The smallest absolute Gasteiger partial charge is 0.225 e. The molecule has 0 aliphatic carbocycles. The van der Waals surface area contributed by atoms with Gasteiger partial charge in [0, 0.05) is 31.2 Å². The van der Waals surface area contributed by atoms with Gasteiger partial charge >= 0.3 is 0 Å². The Hall–Kier alpha value is -1.58. The Labute approximate surface area is 121 Å². The Morgan fingerprint density at radius 1 is 1.45 bits per heavy atom. The van der Waals surface area contributed by atoms with Crippen LogP contribution in [0.15, 0.2) is 18.3 Å². The number of likely N-dealkylation sites (tertiary alicyclic amines) is 1. The largest absolute Gasteiger partial charge is 0.367 e. The third kappa shape index (κ3) is 3.71. The molecule has 1 aromatic rings. The average Bonchev–Trinajstić information content (AvgIpc) is 2.47. The van der Waals surface area contributed by atoms with E-state index in [1.54, 1.807) is 0 Å². The molecule has 1 fully saturated rings. The zero-order chi connectivity index (χ0) is 14.5. The van der Waals surface area contributed by atoms with Crippen LogP contribution in [0.2, 0.25) is 0 Å². The number of carbonyl (C=O) groups excluding carboxylic acids is 1. The van der Waals surface area contributed by atoms with Crippen LogP contribution < -0.4 is 5.32 Å². The number of amides is 1. The second-order valence-electron chi connectivity index (χ2n) is 5.80. The van der Waals surface area contributed by atoms with E-state index in [-0.39, 0.29) is 11.8 Å². The number of rotatable bonds is 4. The first-order valence-corrected chi connectivity index (χ1v) is 7.60. The Bertz CT molecular complexity index is 451. The monoisotopic (exact) mass is 275 g/mol. The van der Waals surface area contributed by atoms with E-state index in [1.807, 2.05) is 24.9 Å². The highest BCUT2D eigenvalue weighted by Crippen LogP contribution is 2.17. The molecule has 0 aromatic carbocycles. The van der Waals surface area contributed by atoms with Crippen molar-refractivity contribution in [3.63, 3.8) is 0 Å². The van der Waals surface area contributed by atoms with Crippen molar-refractivity contribution in [1.29, 1.82) is 0 Å². The first-order chi connectivity index (χ1) is 9.60. The maximum atomic E-state index is 11.9. The summed E-state index contributed by atoms with van der Waals surface area (Å²) >= 11 is 0. The molecule has 2 heterocycles. The summed E-state index contributed by atoms with van der Waals surface area (Å²) in [5.41, 5.74) is 1.30. The van der Waals surface area contributed by atoms with Crippen LogP contribution in [-0.2, 0) is 11.2 Å². The Morgan fingerprint density at radius 2 is 2.15 bits per heavy atom. The molecule has 0 atom stereocenters. The molecule has 1 aromatic heterocycles. The SMILES string of the molecule is CCc1ccnc(NC2CCN(C(=O)C(C)C)CC2)c1. The molecule has 0 bridgehead atoms. The fraction of sp³-hybridized carbons (Fsp3) is 0.625. The van der Waals surface area contributed by atoms with Crippen molar-refractivity contribution in [2.75, 3.05) is 18.4 Å². The van der Waals surface area contributed by atoms with Crippen LogP contribution >= 0.6 is 0 Å². The fourth-order valence-corrected chi connectivity index (χ4v) is 2.59. The van der Waals surface area contributed by atoms with Crippen molar-refractivity contribution in [2.24, 2.45) is 5.92 Å². The molecular weight excluding hydrogens is 250 g/mol. The number of pyridine rings is 1. The number of anilines is 1. The van der Waals surface area contributed by atoms with Gasteiger partial charge in [0.15, 0.2) is 0 Å². The number of nitrogens with one attached hydrogen (secondary N) is 1. The van der Waals surface area contributed by atoms with Crippen LogP contribution in [0.5, 0.6) is 0 Å². The minimum absolute atomic E-state index is 0.0995. The maximum absolute atomic E-state index is 11.9. The van der Waals surface area contributed by atoms with Gasteiger partial charge in [-0.05, 0) is 37.0 Å². The lowest BCUT2D eigenvalue weighted by Crippen LogP contribution is -2.44. The molecule has 4 heteroatoms. The third-order valence-corrected chi connectivity index (χ3v) is 3.89. The van der Waals surface area contributed by atoms with E-state index in [2.05, 4.69) is 29.4 Å². The second kappa shape index (κ2) is 6.73. The number of piperidine rings is 1. The summed E-state index contributed by atoms with van der Waals surface area (Å²) in [4.78, 5) is 18.3. The lowest BCUT2D eigenvalue weighted by Gasteiger charge is -2.33. The van der Waals surface area contributed by atoms with Gasteiger partial charge in [-0.1, -0.05) is 20.8 Å². The van der Waals surface area contributed by atoms with Crippen molar-refractivity contribution in [1.82, 2.24) is 9.88 Å². The highest BCUT2D eigenvalue weighted by atomic mass is 16.2. The van der Waals surface area contributed by atoms with Gasteiger partial charge in [0.2, 0.25) is 5.91 Å². The van der Waals surface area contributed by atoms with E-state index in [4.69, 9.17) is 0 Å². The Morgan fingerprint density at radius 3 is 2.75 bits per heavy atom. The van der Waals surface area contributed by atoms with Gasteiger partial charge in [0.05, 0.1) is 0 Å². The van der Waals surface area contributed by atoms with Crippen LogP contribution in [0.25, 0.3) is 0 Å². The molecule has 0 saturated carbocycles.